The van der Waals surface area contributed by atoms with Gasteiger partial charge in [0, 0.05) is 16.8 Å². The molecule has 1 fully saturated rings. The Morgan fingerprint density at radius 2 is 1.80 bits per heavy atom. The fourth-order valence-electron chi connectivity index (χ4n) is 2.14. The lowest BCUT2D eigenvalue weighted by Crippen LogP contribution is -2.38. The average molecular weight is 358 g/mol. The largest absolute Gasteiger partial charge is 0.395 e. The second-order valence-electron chi connectivity index (χ2n) is 7.19. The molecule has 1 aliphatic heterocycles. The molecule has 0 saturated carbocycles. The number of aliphatic hydroxyl groups excluding tert-OH is 1. The number of hydrogen-bond acceptors (Lipinski definition) is 4. The summed E-state index contributed by atoms with van der Waals surface area (Å²) in [5.41, 5.74) is 1.63. The lowest BCUT2D eigenvalue weighted by Gasteiger charge is -2.37. The first kappa shape index (κ1) is 26.4. The summed E-state index contributed by atoms with van der Waals surface area (Å²) >= 11 is 0. The second kappa shape index (κ2) is 12.5. The van der Waals surface area contributed by atoms with Crippen LogP contribution in [-0.2, 0) is 9.47 Å². The molecule has 1 aliphatic rings. The van der Waals surface area contributed by atoms with Crippen LogP contribution < -0.4 is 0 Å². The molecule has 1 saturated heterocycles. The highest BCUT2D eigenvalue weighted by Crippen LogP contribution is 2.31. The van der Waals surface area contributed by atoms with E-state index >= 15 is 0 Å². The van der Waals surface area contributed by atoms with E-state index < -0.39 is 5.79 Å². The van der Waals surface area contributed by atoms with E-state index in [1.54, 1.807) is 0 Å². The third-order valence-electron chi connectivity index (χ3n) is 3.80. The van der Waals surface area contributed by atoms with E-state index in [9.17, 15) is 5.11 Å². The van der Waals surface area contributed by atoms with Crippen molar-refractivity contribution in [1.29, 1.82) is 0 Å². The average Bonchev–Trinajstić information content (AvgIpc) is 2.92. The monoisotopic (exact) mass is 357 g/mol. The molecule has 150 valence electrons. The van der Waals surface area contributed by atoms with E-state index in [1.165, 1.54) is 6.42 Å². The van der Waals surface area contributed by atoms with E-state index in [1.807, 2.05) is 61.5 Å². The molecule has 0 aromatic rings. The maximum Gasteiger partial charge on any atom is 0.163 e. The van der Waals surface area contributed by atoms with Gasteiger partial charge in [-0.15, -0.1) is 0 Å². The number of allylic oxidation sites excluding steroid dienone is 2. The van der Waals surface area contributed by atoms with Gasteiger partial charge in [0.1, 0.15) is 6.10 Å². The van der Waals surface area contributed by atoms with Gasteiger partial charge >= 0.3 is 0 Å². The Morgan fingerprint density at radius 3 is 2.12 bits per heavy atom. The SMILES string of the molecule is C=C(N(CC1COC(C)(C)O1)/C(C)=C/C)C(C)(C)CO.CC.CCC. The molecule has 1 heterocycles. The Morgan fingerprint density at radius 1 is 1.32 bits per heavy atom. The van der Waals surface area contributed by atoms with Crippen molar-refractivity contribution < 1.29 is 14.6 Å². The summed E-state index contributed by atoms with van der Waals surface area (Å²) in [4.78, 5) is 2.12. The van der Waals surface area contributed by atoms with E-state index in [4.69, 9.17) is 9.47 Å². The zero-order chi connectivity index (χ0) is 20.3. The van der Waals surface area contributed by atoms with Gasteiger partial charge in [-0.05, 0) is 27.7 Å². The Balaban J connectivity index is 0. The maximum absolute atomic E-state index is 9.55. The van der Waals surface area contributed by atoms with E-state index in [0.29, 0.717) is 13.2 Å². The first-order chi connectivity index (χ1) is 11.5. The van der Waals surface area contributed by atoms with Crippen molar-refractivity contribution in [3.63, 3.8) is 0 Å². The quantitative estimate of drug-likeness (QED) is 0.697. The first-order valence-electron chi connectivity index (χ1n) is 9.57. The van der Waals surface area contributed by atoms with Crippen LogP contribution in [0.15, 0.2) is 24.0 Å². The van der Waals surface area contributed by atoms with Crippen molar-refractivity contribution in [2.75, 3.05) is 19.8 Å². The molecule has 0 aliphatic carbocycles. The van der Waals surface area contributed by atoms with Crippen molar-refractivity contribution in [2.24, 2.45) is 5.41 Å². The summed E-state index contributed by atoms with van der Waals surface area (Å²) in [5.74, 6) is -0.520. The van der Waals surface area contributed by atoms with Gasteiger partial charge in [0.15, 0.2) is 5.79 Å². The van der Waals surface area contributed by atoms with Crippen LogP contribution in [0.25, 0.3) is 0 Å². The molecule has 1 unspecified atom stereocenters. The molecular weight excluding hydrogens is 314 g/mol. The molecule has 1 atom stereocenters. The molecule has 4 heteroatoms. The van der Waals surface area contributed by atoms with Crippen molar-refractivity contribution in [3.05, 3.63) is 24.0 Å². The molecule has 0 aromatic heterocycles. The van der Waals surface area contributed by atoms with Gasteiger partial charge in [0.25, 0.3) is 0 Å². The minimum atomic E-state index is -0.520. The van der Waals surface area contributed by atoms with Gasteiger partial charge in [0.2, 0.25) is 0 Å². The normalized spacial score (nSPS) is 19.3. The summed E-state index contributed by atoms with van der Waals surface area (Å²) in [5, 5.41) is 9.55. The zero-order valence-electron chi connectivity index (χ0n) is 18.4. The lowest BCUT2D eigenvalue weighted by atomic mass is 9.89. The molecule has 0 aromatic carbocycles. The van der Waals surface area contributed by atoms with Crippen molar-refractivity contribution in [3.8, 4) is 0 Å². The number of nitrogens with zero attached hydrogens (tertiary/aromatic N) is 1. The molecule has 0 spiro atoms. The Bertz CT molecular complexity index is 400. The Hall–Kier alpha value is -0.840. The highest BCUT2D eigenvalue weighted by molar-refractivity contribution is 5.15. The smallest absolute Gasteiger partial charge is 0.163 e. The zero-order valence-corrected chi connectivity index (χ0v) is 18.4. The number of aliphatic hydroxyl groups is 1. The predicted octanol–water partition coefficient (Wildman–Crippen LogP) is 5.34. The molecule has 4 nitrogen and oxygen atoms in total. The fourth-order valence-corrected chi connectivity index (χ4v) is 2.14. The predicted molar refractivity (Wildman–Crippen MR) is 108 cm³/mol. The summed E-state index contributed by atoms with van der Waals surface area (Å²) in [6.45, 7) is 25.6. The van der Waals surface area contributed by atoms with Crippen LogP contribution in [0.4, 0.5) is 0 Å². The van der Waals surface area contributed by atoms with Crippen LogP contribution in [-0.4, -0.2) is 41.7 Å². The summed E-state index contributed by atoms with van der Waals surface area (Å²) < 4.78 is 11.5. The fraction of sp³-hybridized carbons (Fsp3) is 0.810. The van der Waals surface area contributed by atoms with Crippen LogP contribution >= 0.6 is 0 Å². The second-order valence-corrected chi connectivity index (χ2v) is 7.19. The molecule has 1 N–H and O–H groups in total. The highest BCUT2D eigenvalue weighted by atomic mass is 16.7. The maximum atomic E-state index is 9.55. The lowest BCUT2D eigenvalue weighted by molar-refractivity contribution is -0.139. The molecule has 25 heavy (non-hydrogen) atoms. The van der Waals surface area contributed by atoms with Gasteiger partial charge in [-0.25, -0.2) is 0 Å². The minimum absolute atomic E-state index is 0.00569. The van der Waals surface area contributed by atoms with Gasteiger partial charge < -0.3 is 19.5 Å². The van der Waals surface area contributed by atoms with Gasteiger partial charge in [-0.1, -0.05) is 60.6 Å². The van der Waals surface area contributed by atoms with E-state index in [-0.39, 0.29) is 18.1 Å². The molecule has 0 radical (unpaired) electrons. The highest BCUT2D eigenvalue weighted by Gasteiger charge is 2.35. The standard InChI is InChI=1S/C16H29NO3.C3H8.C2H6/c1-8-12(2)17(13(3)15(4,5)11-18)9-14-10-19-16(6,7)20-14;1-3-2;1-2/h8,14,18H,3,9-11H2,1-2,4-7H3;3H2,1-2H3;1-2H3/b12-8+;;. The minimum Gasteiger partial charge on any atom is -0.395 e. The van der Waals surface area contributed by atoms with Crippen LogP contribution in [0.5, 0.6) is 0 Å². The summed E-state index contributed by atoms with van der Waals surface area (Å²) in [6.07, 6.45) is 3.30. The molecule has 1 rings (SSSR count). The summed E-state index contributed by atoms with van der Waals surface area (Å²) in [6, 6.07) is 0. The van der Waals surface area contributed by atoms with Gasteiger partial charge in [0.05, 0.1) is 19.8 Å². The Kier molecular flexibility index (Phi) is 13.2. The topological polar surface area (TPSA) is 41.9 Å². The number of ether oxygens (including phenoxy) is 2. The molecule has 0 amide bonds. The van der Waals surface area contributed by atoms with E-state index in [2.05, 4.69) is 25.3 Å². The van der Waals surface area contributed by atoms with Crippen molar-refractivity contribution in [1.82, 2.24) is 4.90 Å². The first-order valence-corrected chi connectivity index (χ1v) is 9.57. The van der Waals surface area contributed by atoms with Crippen LogP contribution in [0.2, 0.25) is 0 Å². The number of hydrogen-bond donors (Lipinski definition) is 1. The number of rotatable bonds is 6. The van der Waals surface area contributed by atoms with Crippen LogP contribution in [0.3, 0.4) is 0 Å². The third-order valence-corrected chi connectivity index (χ3v) is 3.80. The van der Waals surface area contributed by atoms with Crippen molar-refractivity contribution >= 4 is 0 Å². The van der Waals surface area contributed by atoms with Gasteiger partial charge in [-0.2, -0.15) is 0 Å². The molecule has 0 bridgehead atoms. The van der Waals surface area contributed by atoms with E-state index in [0.717, 1.165) is 11.4 Å². The van der Waals surface area contributed by atoms with Gasteiger partial charge in [-0.3, -0.25) is 0 Å². The van der Waals surface area contributed by atoms with Crippen LogP contribution in [0.1, 0.15) is 75.7 Å². The van der Waals surface area contributed by atoms with Crippen LogP contribution in [0, 0.1) is 5.41 Å². The van der Waals surface area contributed by atoms with Crippen molar-refractivity contribution in [2.45, 2.75) is 87.5 Å². The Labute approximate surface area is 156 Å². The summed E-state index contributed by atoms with van der Waals surface area (Å²) in [7, 11) is 0. The molecular formula is C21H43NO3. The third kappa shape index (κ3) is 9.43.